The van der Waals surface area contributed by atoms with Crippen molar-refractivity contribution in [2.75, 3.05) is 0 Å². The first kappa shape index (κ1) is 11.2. The van der Waals surface area contributed by atoms with Crippen LogP contribution in [0.5, 0.6) is 0 Å². The number of aryl methyl sites for hydroxylation is 1. The number of carboxylic acids is 1. The third-order valence-corrected chi connectivity index (χ3v) is 3.26. The Balaban J connectivity index is 2.35. The normalized spacial score (nSPS) is 12.7. The summed E-state index contributed by atoms with van der Waals surface area (Å²) in [6.07, 6.45) is 1.59. The van der Waals surface area contributed by atoms with Gasteiger partial charge in [-0.3, -0.25) is 0 Å². The van der Waals surface area contributed by atoms with E-state index in [0.29, 0.717) is 6.42 Å². The molecule has 1 aromatic heterocycles. The fourth-order valence-electron chi connectivity index (χ4n) is 1.31. The molecular formula is C10H15NO2S. The van der Waals surface area contributed by atoms with E-state index in [1.807, 2.05) is 0 Å². The molecule has 0 saturated heterocycles. The second-order valence-electron chi connectivity index (χ2n) is 3.41. The zero-order chi connectivity index (χ0) is 10.6. The number of carbonyl (C=O) groups is 1. The first-order valence-electron chi connectivity index (χ1n) is 4.69. The summed E-state index contributed by atoms with van der Waals surface area (Å²) >= 11 is 1.73. The lowest BCUT2D eigenvalue weighted by molar-refractivity contribution is -0.427. The van der Waals surface area contributed by atoms with Gasteiger partial charge in [-0.2, -0.15) is 0 Å². The van der Waals surface area contributed by atoms with Gasteiger partial charge < -0.3 is 15.6 Å². The van der Waals surface area contributed by atoms with Crippen LogP contribution in [0.2, 0.25) is 0 Å². The molecule has 0 bridgehead atoms. The van der Waals surface area contributed by atoms with Crippen LogP contribution in [-0.4, -0.2) is 5.97 Å². The van der Waals surface area contributed by atoms with Crippen molar-refractivity contribution in [3.63, 3.8) is 0 Å². The highest BCUT2D eigenvalue weighted by Gasteiger charge is 2.10. The monoisotopic (exact) mass is 213 g/mol. The van der Waals surface area contributed by atoms with Gasteiger partial charge in [-0.1, -0.05) is 0 Å². The minimum absolute atomic E-state index is 0.135. The zero-order valence-electron chi connectivity index (χ0n) is 8.29. The van der Waals surface area contributed by atoms with E-state index in [2.05, 4.69) is 24.8 Å². The summed E-state index contributed by atoms with van der Waals surface area (Å²) in [5, 5.41) is 10.2. The molecule has 3 nitrogen and oxygen atoms in total. The third-order valence-electron chi connectivity index (χ3n) is 2.10. The Labute approximate surface area is 87.6 Å². The van der Waals surface area contributed by atoms with Crippen molar-refractivity contribution in [1.82, 2.24) is 0 Å². The molecule has 4 heteroatoms. The molecule has 0 aliphatic heterocycles. The predicted molar refractivity (Wildman–Crippen MR) is 53.5 cm³/mol. The van der Waals surface area contributed by atoms with Gasteiger partial charge in [0.05, 0.1) is 4.88 Å². The maximum absolute atomic E-state index is 10.2. The van der Waals surface area contributed by atoms with Gasteiger partial charge in [0.2, 0.25) is 0 Å². The second kappa shape index (κ2) is 5.12. The van der Waals surface area contributed by atoms with Crippen LogP contribution in [0, 0.1) is 6.92 Å². The highest BCUT2D eigenvalue weighted by molar-refractivity contribution is 7.11. The van der Waals surface area contributed by atoms with Crippen molar-refractivity contribution < 1.29 is 15.6 Å². The van der Waals surface area contributed by atoms with Gasteiger partial charge in [0.25, 0.3) is 0 Å². The quantitative estimate of drug-likeness (QED) is 0.762. The summed E-state index contributed by atoms with van der Waals surface area (Å²) in [7, 11) is 0. The molecule has 0 saturated carbocycles. The van der Waals surface area contributed by atoms with Gasteiger partial charge in [-0.15, -0.1) is 11.3 Å². The third kappa shape index (κ3) is 3.47. The first-order valence-corrected chi connectivity index (χ1v) is 5.50. The van der Waals surface area contributed by atoms with Gasteiger partial charge in [0.1, 0.15) is 6.04 Å². The van der Waals surface area contributed by atoms with Gasteiger partial charge in [0, 0.05) is 17.3 Å². The maximum Gasteiger partial charge on any atom is 0.119 e. The standard InChI is InChI=1S/C10H15NO2S/c1-7-5-6-9(14-7)8(11)3-2-4-10(12)13/h5-6,8H,2-4,11H2,1H3,(H,12,13)/t8-/m1/s1. The summed E-state index contributed by atoms with van der Waals surface area (Å²) < 4.78 is 0. The molecule has 0 aliphatic rings. The molecule has 0 unspecified atom stereocenters. The molecular weight excluding hydrogens is 198 g/mol. The van der Waals surface area contributed by atoms with Crippen LogP contribution in [0.1, 0.15) is 35.1 Å². The minimum Gasteiger partial charge on any atom is -0.550 e. The maximum atomic E-state index is 10.2. The van der Waals surface area contributed by atoms with Crippen LogP contribution in [-0.2, 0) is 4.79 Å². The summed E-state index contributed by atoms with van der Waals surface area (Å²) in [6.45, 7) is 2.06. The Morgan fingerprint density at radius 2 is 2.36 bits per heavy atom. The molecule has 78 valence electrons. The van der Waals surface area contributed by atoms with Gasteiger partial charge >= 0.3 is 0 Å². The van der Waals surface area contributed by atoms with E-state index in [4.69, 9.17) is 0 Å². The van der Waals surface area contributed by atoms with Crippen molar-refractivity contribution >= 4 is 17.3 Å². The Morgan fingerprint density at radius 1 is 1.64 bits per heavy atom. The van der Waals surface area contributed by atoms with Crippen LogP contribution < -0.4 is 10.8 Å². The van der Waals surface area contributed by atoms with E-state index in [9.17, 15) is 9.90 Å². The second-order valence-corrected chi connectivity index (χ2v) is 4.73. The Bertz CT molecular complexity index is 309. The average molecular weight is 213 g/mol. The lowest BCUT2D eigenvalue weighted by Crippen LogP contribution is -2.53. The van der Waals surface area contributed by atoms with Crippen LogP contribution in [0.3, 0.4) is 0 Å². The topological polar surface area (TPSA) is 67.8 Å². The Kier molecular flexibility index (Phi) is 4.10. The molecule has 0 amide bonds. The molecule has 0 aliphatic carbocycles. The molecule has 1 atom stereocenters. The molecule has 0 fully saturated rings. The molecule has 3 N–H and O–H groups in total. The highest BCUT2D eigenvalue weighted by atomic mass is 32.1. The fraction of sp³-hybridized carbons (Fsp3) is 0.500. The minimum atomic E-state index is -0.973. The first-order chi connectivity index (χ1) is 6.59. The van der Waals surface area contributed by atoms with Crippen molar-refractivity contribution in [1.29, 1.82) is 0 Å². The van der Waals surface area contributed by atoms with Crippen molar-refractivity contribution in [3.05, 3.63) is 21.9 Å². The molecule has 1 heterocycles. The smallest absolute Gasteiger partial charge is 0.119 e. The number of hydrogen-bond acceptors (Lipinski definition) is 3. The van der Waals surface area contributed by atoms with Crippen LogP contribution >= 0.6 is 11.3 Å². The Morgan fingerprint density at radius 3 is 2.86 bits per heavy atom. The fourth-order valence-corrected chi connectivity index (χ4v) is 2.24. The molecule has 14 heavy (non-hydrogen) atoms. The number of hydrogen-bond donors (Lipinski definition) is 1. The lowest BCUT2D eigenvalue weighted by atomic mass is 10.1. The summed E-state index contributed by atoms with van der Waals surface area (Å²) in [5.74, 6) is -0.973. The summed E-state index contributed by atoms with van der Waals surface area (Å²) in [4.78, 5) is 12.7. The largest absolute Gasteiger partial charge is 0.550 e. The highest BCUT2D eigenvalue weighted by Crippen LogP contribution is 2.23. The van der Waals surface area contributed by atoms with Gasteiger partial charge in [-0.05, 0) is 31.9 Å². The number of carbonyl (C=O) groups excluding carboxylic acids is 1. The lowest BCUT2D eigenvalue weighted by Gasteiger charge is -2.06. The average Bonchev–Trinajstić information content (AvgIpc) is 2.51. The zero-order valence-corrected chi connectivity index (χ0v) is 9.10. The van der Waals surface area contributed by atoms with E-state index in [-0.39, 0.29) is 12.5 Å². The van der Waals surface area contributed by atoms with E-state index >= 15 is 0 Å². The molecule has 1 rings (SSSR count). The van der Waals surface area contributed by atoms with Crippen LogP contribution in [0.15, 0.2) is 12.1 Å². The number of aliphatic carboxylic acids is 1. The van der Waals surface area contributed by atoms with E-state index in [1.54, 1.807) is 11.3 Å². The molecule has 0 spiro atoms. The van der Waals surface area contributed by atoms with E-state index in [1.165, 1.54) is 9.75 Å². The molecule has 0 aromatic carbocycles. The number of thiophene rings is 1. The molecule has 1 aromatic rings. The summed E-state index contributed by atoms with van der Waals surface area (Å²) in [5.41, 5.74) is 4.02. The number of rotatable bonds is 5. The molecule has 0 radical (unpaired) electrons. The van der Waals surface area contributed by atoms with E-state index in [0.717, 1.165) is 6.42 Å². The number of quaternary nitrogens is 1. The Hall–Kier alpha value is -0.870. The number of carboxylic acid groups (broad SMARTS) is 1. The van der Waals surface area contributed by atoms with Gasteiger partial charge in [-0.25, -0.2) is 0 Å². The van der Waals surface area contributed by atoms with Crippen molar-refractivity contribution in [2.24, 2.45) is 0 Å². The van der Waals surface area contributed by atoms with Crippen molar-refractivity contribution in [3.8, 4) is 0 Å². The van der Waals surface area contributed by atoms with Crippen LogP contribution in [0.25, 0.3) is 0 Å². The van der Waals surface area contributed by atoms with Crippen LogP contribution in [0.4, 0.5) is 0 Å². The predicted octanol–water partition coefficient (Wildman–Crippen LogP) is 0.260. The van der Waals surface area contributed by atoms with Gasteiger partial charge in [0.15, 0.2) is 0 Å². The van der Waals surface area contributed by atoms with E-state index < -0.39 is 5.97 Å². The summed E-state index contributed by atoms with van der Waals surface area (Å²) in [6, 6.07) is 4.35. The van der Waals surface area contributed by atoms with Crippen molar-refractivity contribution in [2.45, 2.75) is 32.2 Å². The SMILES string of the molecule is Cc1ccc([C@H]([NH3+])CCCC(=O)[O-])s1.